The summed E-state index contributed by atoms with van der Waals surface area (Å²) in [4.78, 5) is 0. The Morgan fingerprint density at radius 1 is 1.10 bits per heavy atom. The minimum absolute atomic E-state index is 0.409. The van der Waals surface area contributed by atoms with Gasteiger partial charge in [0, 0.05) is 18.6 Å². The van der Waals surface area contributed by atoms with Crippen LogP contribution in [0, 0.1) is 22.7 Å². The zero-order valence-electron chi connectivity index (χ0n) is 14.8. The van der Waals surface area contributed by atoms with E-state index in [-0.39, 0.29) is 0 Å². The van der Waals surface area contributed by atoms with Gasteiger partial charge >= 0.3 is 0 Å². The van der Waals surface area contributed by atoms with Crippen molar-refractivity contribution >= 4 is 0 Å². The van der Waals surface area contributed by atoms with E-state index in [1.54, 1.807) is 0 Å². The van der Waals surface area contributed by atoms with Crippen molar-refractivity contribution < 1.29 is 4.74 Å². The van der Waals surface area contributed by atoms with E-state index >= 15 is 0 Å². The van der Waals surface area contributed by atoms with Crippen LogP contribution in [0.25, 0.3) is 0 Å². The maximum absolute atomic E-state index is 6.11. The molecule has 0 unspecified atom stereocenters. The van der Waals surface area contributed by atoms with Crippen molar-refractivity contribution in [1.29, 1.82) is 0 Å². The third-order valence-electron chi connectivity index (χ3n) is 5.66. The molecule has 0 aromatic rings. The molecule has 21 heavy (non-hydrogen) atoms. The predicted octanol–water partition coefficient (Wildman–Crippen LogP) is 4.64. The Hall–Kier alpha value is -0.0800. The number of rotatable bonds is 8. The zero-order valence-corrected chi connectivity index (χ0v) is 14.8. The second-order valence-corrected chi connectivity index (χ2v) is 8.78. The average molecular weight is 296 g/mol. The van der Waals surface area contributed by atoms with Crippen molar-refractivity contribution in [2.75, 3.05) is 26.3 Å². The van der Waals surface area contributed by atoms with Crippen LogP contribution < -0.4 is 5.32 Å². The van der Waals surface area contributed by atoms with Crippen LogP contribution in [0.1, 0.15) is 72.6 Å². The number of hydrogen-bond donors (Lipinski definition) is 1. The molecule has 0 radical (unpaired) electrons. The van der Waals surface area contributed by atoms with Crippen LogP contribution >= 0.6 is 0 Å². The molecule has 2 fully saturated rings. The quantitative estimate of drug-likeness (QED) is 0.659. The van der Waals surface area contributed by atoms with Crippen molar-refractivity contribution in [3.05, 3.63) is 0 Å². The van der Waals surface area contributed by atoms with Gasteiger partial charge in [-0.2, -0.15) is 0 Å². The first kappa shape index (κ1) is 17.3. The Morgan fingerprint density at radius 2 is 1.76 bits per heavy atom. The summed E-state index contributed by atoms with van der Waals surface area (Å²) >= 11 is 0. The molecule has 0 amide bonds. The van der Waals surface area contributed by atoms with Gasteiger partial charge in [-0.25, -0.2) is 0 Å². The minimum Gasteiger partial charge on any atom is -0.381 e. The van der Waals surface area contributed by atoms with Crippen LogP contribution in [0.15, 0.2) is 0 Å². The molecular formula is C19H37NO. The molecule has 2 aliphatic carbocycles. The Bertz CT molecular complexity index is 295. The van der Waals surface area contributed by atoms with Crippen molar-refractivity contribution in [2.24, 2.45) is 22.7 Å². The second kappa shape index (κ2) is 7.46. The summed E-state index contributed by atoms with van der Waals surface area (Å²) in [5.41, 5.74) is 0.879. The van der Waals surface area contributed by atoms with E-state index < -0.39 is 0 Å². The lowest BCUT2D eigenvalue weighted by Gasteiger charge is -2.44. The molecule has 2 aliphatic rings. The number of ether oxygens (including phenoxy) is 1. The highest BCUT2D eigenvalue weighted by molar-refractivity contribution is 4.90. The lowest BCUT2D eigenvalue weighted by molar-refractivity contribution is -0.00617. The highest BCUT2D eigenvalue weighted by Gasteiger charge is 2.39. The Balaban J connectivity index is 1.83. The van der Waals surface area contributed by atoms with Crippen LogP contribution in [0.5, 0.6) is 0 Å². The maximum atomic E-state index is 6.11. The van der Waals surface area contributed by atoms with Gasteiger partial charge in [0.05, 0.1) is 6.61 Å². The average Bonchev–Trinajstić information content (AvgIpc) is 3.23. The molecule has 0 spiro atoms. The molecule has 0 aromatic carbocycles. The Morgan fingerprint density at radius 3 is 2.29 bits per heavy atom. The van der Waals surface area contributed by atoms with Crippen molar-refractivity contribution in [3.63, 3.8) is 0 Å². The van der Waals surface area contributed by atoms with Crippen LogP contribution in [0.4, 0.5) is 0 Å². The Labute approximate surface area is 132 Å². The van der Waals surface area contributed by atoms with Gasteiger partial charge in [0.15, 0.2) is 0 Å². The minimum atomic E-state index is 0.409. The number of nitrogens with one attached hydrogen (secondary N) is 1. The molecule has 0 bridgehead atoms. The third-order valence-corrected chi connectivity index (χ3v) is 5.66. The van der Waals surface area contributed by atoms with Gasteiger partial charge in [-0.15, -0.1) is 0 Å². The summed E-state index contributed by atoms with van der Waals surface area (Å²) < 4.78 is 6.11. The fraction of sp³-hybridized carbons (Fsp3) is 1.00. The molecule has 124 valence electrons. The molecular weight excluding hydrogens is 258 g/mol. The summed E-state index contributed by atoms with van der Waals surface area (Å²) in [5, 5.41) is 3.67. The molecule has 0 atom stereocenters. The summed E-state index contributed by atoms with van der Waals surface area (Å²) in [6.45, 7) is 13.8. The lowest BCUT2D eigenvalue weighted by atomic mass is 9.64. The molecule has 2 heteroatoms. The van der Waals surface area contributed by atoms with Gasteiger partial charge in [-0.05, 0) is 68.7 Å². The highest BCUT2D eigenvalue weighted by atomic mass is 16.5. The monoisotopic (exact) mass is 295 g/mol. The molecule has 0 aromatic heterocycles. The molecule has 0 aliphatic heterocycles. The van der Waals surface area contributed by atoms with E-state index in [0.717, 1.165) is 38.1 Å². The SMILES string of the molecule is CCCNCC1(COCC2CC2)CCC(C(C)(C)C)CC1. The molecule has 0 saturated heterocycles. The van der Waals surface area contributed by atoms with Gasteiger partial charge in [0.1, 0.15) is 0 Å². The first-order valence-corrected chi connectivity index (χ1v) is 9.24. The standard InChI is InChI=1S/C19H37NO/c1-5-12-20-14-19(15-21-13-16-6-7-16)10-8-17(9-11-19)18(2,3)4/h16-17,20H,5-15H2,1-4H3. The summed E-state index contributed by atoms with van der Waals surface area (Å²) in [6, 6.07) is 0. The smallest absolute Gasteiger partial charge is 0.0534 e. The molecule has 2 nitrogen and oxygen atoms in total. The van der Waals surface area contributed by atoms with E-state index in [1.165, 1.54) is 44.9 Å². The topological polar surface area (TPSA) is 21.3 Å². The fourth-order valence-electron chi connectivity index (χ4n) is 3.73. The first-order valence-electron chi connectivity index (χ1n) is 9.24. The zero-order chi connectivity index (χ0) is 15.3. The van der Waals surface area contributed by atoms with Gasteiger partial charge in [0.2, 0.25) is 0 Å². The highest BCUT2D eigenvalue weighted by Crippen LogP contribution is 2.45. The van der Waals surface area contributed by atoms with Crippen molar-refractivity contribution in [2.45, 2.75) is 72.6 Å². The molecule has 2 rings (SSSR count). The predicted molar refractivity (Wildman–Crippen MR) is 90.5 cm³/mol. The number of hydrogen-bond acceptors (Lipinski definition) is 2. The van der Waals surface area contributed by atoms with Crippen LogP contribution in [0.2, 0.25) is 0 Å². The van der Waals surface area contributed by atoms with E-state index in [2.05, 4.69) is 33.0 Å². The van der Waals surface area contributed by atoms with Crippen LogP contribution in [-0.2, 0) is 4.74 Å². The lowest BCUT2D eigenvalue weighted by Crippen LogP contribution is -2.43. The van der Waals surface area contributed by atoms with Crippen molar-refractivity contribution in [1.82, 2.24) is 5.32 Å². The van der Waals surface area contributed by atoms with E-state index in [0.29, 0.717) is 10.8 Å². The largest absolute Gasteiger partial charge is 0.381 e. The maximum Gasteiger partial charge on any atom is 0.0534 e. The van der Waals surface area contributed by atoms with Gasteiger partial charge in [-0.3, -0.25) is 0 Å². The fourth-order valence-corrected chi connectivity index (χ4v) is 3.73. The van der Waals surface area contributed by atoms with Crippen molar-refractivity contribution in [3.8, 4) is 0 Å². The first-order chi connectivity index (χ1) is 9.95. The molecule has 2 saturated carbocycles. The normalized spacial score (nSPS) is 30.6. The van der Waals surface area contributed by atoms with E-state index in [4.69, 9.17) is 4.74 Å². The molecule has 1 N–H and O–H groups in total. The Kier molecular flexibility index (Phi) is 6.14. The van der Waals surface area contributed by atoms with E-state index in [1.807, 2.05) is 0 Å². The van der Waals surface area contributed by atoms with Crippen LogP contribution in [0.3, 0.4) is 0 Å². The summed E-state index contributed by atoms with van der Waals surface area (Å²) in [7, 11) is 0. The van der Waals surface area contributed by atoms with Gasteiger partial charge in [0.25, 0.3) is 0 Å². The third kappa shape index (κ3) is 5.56. The summed E-state index contributed by atoms with van der Waals surface area (Å²) in [6.07, 6.45) is 9.46. The van der Waals surface area contributed by atoms with Gasteiger partial charge in [-0.1, -0.05) is 27.7 Å². The van der Waals surface area contributed by atoms with Gasteiger partial charge < -0.3 is 10.1 Å². The second-order valence-electron chi connectivity index (χ2n) is 8.78. The van der Waals surface area contributed by atoms with Crippen LogP contribution in [-0.4, -0.2) is 26.3 Å². The van der Waals surface area contributed by atoms with E-state index in [9.17, 15) is 0 Å². The summed E-state index contributed by atoms with van der Waals surface area (Å²) in [5.74, 6) is 1.77. The molecule has 0 heterocycles.